The van der Waals surface area contributed by atoms with Gasteiger partial charge in [0.2, 0.25) is 0 Å². The van der Waals surface area contributed by atoms with E-state index < -0.39 is 0 Å². The number of aromatic nitrogens is 2. The molecule has 0 saturated heterocycles. The van der Waals surface area contributed by atoms with Gasteiger partial charge in [-0.25, -0.2) is 4.98 Å². The Morgan fingerprint density at radius 1 is 1.53 bits per heavy atom. The Labute approximate surface area is 90.2 Å². The first-order chi connectivity index (χ1) is 7.09. The van der Waals surface area contributed by atoms with E-state index in [1.807, 2.05) is 4.57 Å². The van der Waals surface area contributed by atoms with Gasteiger partial charge in [0.25, 0.3) is 5.56 Å². The Kier molecular flexibility index (Phi) is 2.63. The van der Waals surface area contributed by atoms with Gasteiger partial charge in [-0.3, -0.25) is 9.36 Å². The number of hydrogen-bond acceptors (Lipinski definition) is 2. The van der Waals surface area contributed by atoms with Crippen LogP contribution in [-0.2, 0) is 6.42 Å². The Morgan fingerprint density at radius 3 is 2.93 bits per heavy atom. The summed E-state index contributed by atoms with van der Waals surface area (Å²) in [6.45, 7) is 6.25. The lowest BCUT2D eigenvalue weighted by atomic mass is 10.0. The van der Waals surface area contributed by atoms with Crippen LogP contribution in [0.2, 0.25) is 0 Å². The quantitative estimate of drug-likeness (QED) is 0.706. The van der Waals surface area contributed by atoms with Crippen molar-refractivity contribution in [2.45, 2.75) is 52.0 Å². The minimum Gasteiger partial charge on any atom is -0.294 e. The molecule has 1 aromatic rings. The summed E-state index contributed by atoms with van der Waals surface area (Å²) in [6, 6.07) is 2.01. The molecule has 0 aliphatic carbocycles. The highest BCUT2D eigenvalue weighted by atomic mass is 16.1. The molecule has 2 rings (SSSR count). The van der Waals surface area contributed by atoms with Crippen molar-refractivity contribution >= 4 is 0 Å². The molecule has 0 saturated carbocycles. The molecule has 2 heterocycles. The van der Waals surface area contributed by atoms with Crippen molar-refractivity contribution in [1.82, 2.24) is 9.55 Å². The third-order valence-corrected chi connectivity index (χ3v) is 3.10. The molecule has 0 N–H and O–H groups in total. The van der Waals surface area contributed by atoms with E-state index in [9.17, 15) is 4.79 Å². The third-order valence-electron chi connectivity index (χ3n) is 3.10. The highest BCUT2D eigenvalue weighted by Crippen LogP contribution is 2.21. The van der Waals surface area contributed by atoms with Gasteiger partial charge < -0.3 is 0 Å². The summed E-state index contributed by atoms with van der Waals surface area (Å²) in [6.07, 6.45) is 3.19. The van der Waals surface area contributed by atoms with Crippen LogP contribution in [0.3, 0.4) is 0 Å². The van der Waals surface area contributed by atoms with Crippen molar-refractivity contribution < 1.29 is 0 Å². The summed E-state index contributed by atoms with van der Waals surface area (Å²) < 4.78 is 1.86. The second kappa shape index (κ2) is 3.80. The van der Waals surface area contributed by atoms with Crippen LogP contribution in [0.1, 0.15) is 57.1 Å². The highest BCUT2D eigenvalue weighted by Gasteiger charge is 2.19. The number of hydrogen-bond donors (Lipinski definition) is 0. The molecule has 0 amide bonds. The van der Waals surface area contributed by atoms with E-state index in [1.54, 1.807) is 6.07 Å². The van der Waals surface area contributed by atoms with Crippen molar-refractivity contribution in [3.05, 3.63) is 27.9 Å². The molecule has 0 aromatic carbocycles. The molecule has 0 bridgehead atoms. The highest BCUT2D eigenvalue weighted by molar-refractivity contribution is 5.10. The average molecular weight is 206 g/mol. The summed E-state index contributed by atoms with van der Waals surface area (Å²) in [5.74, 6) is 1.31. The SMILES string of the molecule is CC(C)c1cc(=O)n2c(n1)CCC[C@@H]2C. The van der Waals surface area contributed by atoms with Crippen molar-refractivity contribution in [2.24, 2.45) is 0 Å². The number of aryl methyl sites for hydroxylation is 1. The van der Waals surface area contributed by atoms with E-state index in [0.717, 1.165) is 30.8 Å². The Balaban J connectivity index is 2.56. The van der Waals surface area contributed by atoms with Gasteiger partial charge in [-0.05, 0) is 25.7 Å². The summed E-state index contributed by atoms with van der Waals surface area (Å²) in [7, 11) is 0. The summed E-state index contributed by atoms with van der Waals surface area (Å²) in [5.41, 5.74) is 1.05. The molecule has 3 nitrogen and oxygen atoms in total. The van der Waals surface area contributed by atoms with Gasteiger partial charge in [-0.2, -0.15) is 0 Å². The fourth-order valence-corrected chi connectivity index (χ4v) is 2.19. The first-order valence-corrected chi connectivity index (χ1v) is 5.72. The van der Waals surface area contributed by atoms with E-state index in [0.29, 0.717) is 12.0 Å². The van der Waals surface area contributed by atoms with E-state index >= 15 is 0 Å². The molecule has 82 valence electrons. The van der Waals surface area contributed by atoms with E-state index in [-0.39, 0.29) is 5.56 Å². The smallest absolute Gasteiger partial charge is 0.253 e. The molecule has 0 radical (unpaired) electrons. The topological polar surface area (TPSA) is 34.9 Å². The molecule has 0 spiro atoms. The van der Waals surface area contributed by atoms with Crippen LogP contribution < -0.4 is 5.56 Å². The van der Waals surface area contributed by atoms with Gasteiger partial charge in [0.05, 0.1) is 5.69 Å². The zero-order chi connectivity index (χ0) is 11.0. The maximum absolute atomic E-state index is 11.9. The molecule has 0 fully saturated rings. The molecule has 1 aliphatic rings. The average Bonchev–Trinajstić information content (AvgIpc) is 2.17. The van der Waals surface area contributed by atoms with Gasteiger partial charge in [0, 0.05) is 18.5 Å². The van der Waals surface area contributed by atoms with Gasteiger partial charge in [-0.1, -0.05) is 13.8 Å². The molecular formula is C12H18N2O. The first kappa shape index (κ1) is 10.4. The van der Waals surface area contributed by atoms with Crippen molar-refractivity contribution in [1.29, 1.82) is 0 Å². The minimum atomic E-state index is 0.121. The molecule has 1 aliphatic heterocycles. The summed E-state index contributed by atoms with van der Waals surface area (Å²) in [4.78, 5) is 16.5. The fourth-order valence-electron chi connectivity index (χ4n) is 2.19. The second-order valence-corrected chi connectivity index (χ2v) is 4.70. The molecular weight excluding hydrogens is 188 g/mol. The predicted octanol–water partition coefficient (Wildman–Crippen LogP) is 2.26. The molecule has 15 heavy (non-hydrogen) atoms. The monoisotopic (exact) mass is 206 g/mol. The molecule has 1 aromatic heterocycles. The zero-order valence-corrected chi connectivity index (χ0v) is 9.66. The number of rotatable bonds is 1. The zero-order valence-electron chi connectivity index (χ0n) is 9.66. The predicted molar refractivity (Wildman–Crippen MR) is 60.2 cm³/mol. The Hall–Kier alpha value is -1.12. The van der Waals surface area contributed by atoms with Crippen LogP contribution in [-0.4, -0.2) is 9.55 Å². The van der Waals surface area contributed by atoms with Gasteiger partial charge in [0.15, 0.2) is 0 Å². The third kappa shape index (κ3) is 1.83. The second-order valence-electron chi connectivity index (χ2n) is 4.70. The largest absolute Gasteiger partial charge is 0.294 e. The lowest BCUT2D eigenvalue weighted by Crippen LogP contribution is -2.31. The first-order valence-electron chi connectivity index (χ1n) is 5.72. The van der Waals surface area contributed by atoms with Crippen LogP contribution >= 0.6 is 0 Å². The van der Waals surface area contributed by atoms with E-state index in [2.05, 4.69) is 25.8 Å². The van der Waals surface area contributed by atoms with Crippen LogP contribution in [0.5, 0.6) is 0 Å². The lowest BCUT2D eigenvalue weighted by molar-refractivity contribution is 0.402. The van der Waals surface area contributed by atoms with E-state index in [4.69, 9.17) is 0 Å². The molecule has 3 heteroatoms. The Bertz CT molecular complexity index is 420. The van der Waals surface area contributed by atoms with Crippen molar-refractivity contribution in [2.75, 3.05) is 0 Å². The van der Waals surface area contributed by atoms with Gasteiger partial charge in [-0.15, -0.1) is 0 Å². The van der Waals surface area contributed by atoms with E-state index in [1.165, 1.54) is 0 Å². The Morgan fingerprint density at radius 2 is 2.27 bits per heavy atom. The number of nitrogens with zero attached hydrogens (tertiary/aromatic N) is 2. The fraction of sp³-hybridized carbons (Fsp3) is 0.667. The van der Waals surface area contributed by atoms with Crippen LogP contribution in [0, 0.1) is 0 Å². The normalized spacial score (nSPS) is 20.4. The van der Waals surface area contributed by atoms with Crippen molar-refractivity contribution in [3.8, 4) is 0 Å². The summed E-state index contributed by atoms with van der Waals surface area (Å²) in [5, 5.41) is 0. The minimum absolute atomic E-state index is 0.121. The van der Waals surface area contributed by atoms with Crippen LogP contribution in [0.4, 0.5) is 0 Å². The van der Waals surface area contributed by atoms with Crippen LogP contribution in [0.15, 0.2) is 10.9 Å². The van der Waals surface area contributed by atoms with Crippen molar-refractivity contribution in [3.63, 3.8) is 0 Å². The maximum Gasteiger partial charge on any atom is 0.253 e. The lowest BCUT2D eigenvalue weighted by Gasteiger charge is -2.24. The number of fused-ring (bicyclic) bond motifs is 1. The van der Waals surface area contributed by atoms with Gasteiger partial charge in [0.1, 0.15) is 5.82 Å². The molecule has 1 atom stereocenters. The molecule has 0 unspecified atom stereocenters. The van der Waals surface area contributed by atoms with Crippen LogP contribution in [0.25, 0.3) is 0 Å². The van der Waals surface area contributed by atoms with Gasteiger partial charge >= 0.3 is 0 Å². The maximum atomic E-state index is 11.9. The summed E-state index contributed by atoms with van der Waals surface area (Å²) >= 11 is 0. The standard InChI is InChI=1S/C12H18N2O/c1-8(2)10-7-12(15)14-9(3)5-4-6-11(14)13-10/h7-9H,4-6H2,1-3H3/t9-/m0/s1.